The van der Waals surface area contributed by atoms with Crippen LogP contribution in [0.3, 0.4) is 0 Å². The Morgan fingerprint density at radius 1 is 1.14 bits per heavy atom. The Bertz CT molecular complexity index is 285. The summed E-state index contributed by atoms with van der Waals surface area (Å²) in [4.78, 5) is 6.47. The van der Waals surface area contributed by atoms with Gasteiger partial charge in [-0.05, 0) is 12.1 Å². The van der Waals surface area contributed by atoms with Gasteiger partial charge in [-0.3, -0.25) is 4.98 Å². The molecule has 0 bridgehead atoms. The van der Waals surface area contributed by atoms with Crippen molar-refractivity contribution in [1.29, 1.82) is 0 Å². The van der Waals surface area contributed by atoms with Gasteiger partial charge < -0.3 is 9.38 Å². The summed E-state index contributed by atoms with van der Waals surface area (Å²) in [6.07, 6.45) is 3.73. The number of piperazine rings is 1. The van der Waals surface area contributed by atoms with Gasteiger partial charge in [0, 0.05) is 18.1 Å². The first-order valence-corrected chi connectivity index (χ1v) is 5.14. The van der Waals surface area contributed by atoms with E-state index in [0.29, 0.717) is 0 Å². The SMILES string of the molecule is C[N+]1(C)CCN(c2ccncc2)CC1. The first kappa shape index (κ1) is 9.46. The van der Waals surface area contributed by atoms with Crippen LogP contribution in [0.15, 0.2) is 24.5 Å². The second-order valence-electron chi connectivity index (χ2n) is 4.58. The second kappa shape index (κ2) is 3.58. The fourth-order valence-corrected chi connectivity index (χ4v) is 1.82. The number of rotatable bonds is 1. The van der Waals surface area contributed by atoms with E-state index in [4.69, 9.17) is 0 Å². The molecule has 76 valence electrons. The average Bonchev–Trinajstić information content (AvgIpc) is 2.19. The topological polar surface area (TPSA) is 16.1 Å². The van der Waals surface area contributed by atoms with Gasteiger partial charge in [-0.1, -0.05) is 0 Å². The van der Waals surface area contributed by atoms with Gasteiger partial charge in [0.05, 0.1) is 40.3 Å². The van der Waals surface area contributed by atoms with Crippen molar-refractivity contribution < 1.29 is 4.48 Å². The van der Waals surface area contributed by atoms with Crippen molar-refractivity contribution in [2.45, 2.75) is 0 Å². The highest BCUT2D eigenvalue weighted by molar-refractivity contribution is 5.44. The van der Waals surface area contributed by atoms with Crippen molar-refractivity contribution in [1.82, 2.24) is 4.98 Å². The maximum absolute atomic E-state index is 4.04. The Hall–Kier alpha value is -1.09. The van der Waals surface area contributed by atoms with E-state index in [1.54, 1.807) is 0 Å². The largest absolute Gasteiger partial charge is 0.360 e. The summed E-state index contributed by atoms with van der Waals surface area (Å²) in [5.41, 5.74) is 1.31. The number of anilines is 1. The van der Waals surface area contributed by atoms with Crippen LogP contribution in [0.5, 0.6) is 0 Å². The van der Waals surface area contributed by atoms with Crippen LogP contribution in [0.2, 0.25) is 0 Å². The fraction of sp³-hybridized carbons (Fsp3) is 0.545. The predicted octanol–water partition coefficient (Wildman–Crippen LogP) is 0.978. The molecule has 0 aromatic carbocycles. The lowest BCUT2D eigenvalue weighted by Gasteiger charge is -2.40. The molecule has 3 heteroatoms. The minimum absolute atomic E-state index is 1.14. The Labute approximate surface area is 85.6 Å². The summed E-state index contributed by atoms with van der Waals surface area (Å²) < 4.78 is 1.14. The lowest BCUT2D eigenvalue weighted by molar-refractivity contribution is -0.890. The summed E-state index contributed by atoms with van der Waals surface area (Å²) in [6.45, 7) is 4.75. The van der Waals surface area contributed by atoms with Crippen LogP contribution in [0.4, 0.5) is 5.69 Å². The van der Waals surface area contributed by atoms with Crippen molar-refractivity contribution in [2.24, 2.45) is 0 Å². The Morgan fingerprint density at radius 3 is 2.29 bits per heavy atom. The zero-order valence-corrected chi connectivity index (χ0v) is 8.98. The van der Waals surface area contributed by atoms with E-state index in [0.717, 1.165) is 17.6 Å². The Kier molecular flexibility index (Phi) is 2.42. The summed E-state index contributed by atoms with van der Waals surface area (Å²) in [6, 6.07) is 4.18. The standard InChI is InChI=1S/C11H18N3/c1-14(2)9-7-13(8-10-14)11-3-5-12-6-4-11/h3-6H,7-10H2,1-2H3/q+1. The number of aromatic nitrogens is 1. The number of likely N-dealkylation sites (N-methyl/N-ethyl adjacent to an activating group) is 1. The Balaban J connectivity index is 2.03. The second-order valence-corrected chi connectivity index (χ2v) is 4.58. The lowest BCUT2D eigenvalue weighted by Crippen LogP contribution is -2.54. The molecule has 0 amide bonds. The lowest BCUT2D eigenvalue weighted by atomic mass is 10.2. The van der Waals surface area contributed by atoms with Crippen LogP contribution in [0.1, 0.15) is 0 Å². The smallest absolute Gasteiger partial charge is 0.0961 e. The molecule has 1 saturated heterocycles. The van der Waals surface area contributed by atoms with Gasteiger partial charge in [-0.25, -0.2) is 0 Å². The molecule has 1 aliphatic rings. The van der Waals surface area contributed by atoms with Gasteiger partial charge in [0.25, 0.3) is 0 Å². The van der Waals surface area contributed by atoms with Crippen molar-refractivity contribution in [3.8, 4) is 0 Å². The van der Waals surface area contributed by atoms with Crippen LogP contribution in [0.25, 0.3) is 0 Å². The summed E-state index contributed by atoms with van der Waals surface area (Å²) in [7, 11) is 4.59. The number of hydrogen-bond acceptors (Lipinski definition) is 2. The third-order valence-corrected chi connectivity index (χ3v) is 2.98. The molecule has 1 fully saturated rings. The van der Waals surface area contributed by atoms with E-state index in [1.807, 2.05) is 12.4 Å². The van der Waals surface area contributed by atoms with E-state index >= 15 is 0 Å². The van der Waals surface area contributed by atoms with Gasteiger partial charge in [0.2, 0.25) is 0 Å². The molecule has 1 aromatic heterocycles. The molecular formula is C11H18N3+. The molecule has 2 heterocycles. The first-order valence-electron chi connectivity index (χ1n) is 5.14. The maximum Gasteiger partial charge on any atom is 0.0961 e. The van der Waals surface area contributed by atoms with E-state index < -0.39 is 0 Å². The molecule has 0 unspecified atom stereocenters. The van der Waals surface area contributed by atoms with Gasteiger partial charge in [0.15, 0.2) is 0 Å². The molecule has 0 aliphatic carbocycles. The zero-order valence-electron chi connectivity index (χ0n) is 8.98. The highest BCUT2D eigenvalue weighted by atomic mass is 15.4. The van der Waals surface area contributed by atoms with Crippen molar-refractivity contribution in [2.75, 3.05) is 45.2 Å². The fourth-order valence-electron chi connectivity index (χ4n) is 1.82. The van der Waals surface area contributed by atoms with E-state index in [2.05, 4.69) is 36.1 Å². The molecule has 3 nitrogen and oxygen atoms in total. The van der Waals surface area contributed by atoms with Crippen LogP contribution in [-0.4, -0.2) is 49.7 Å². The highest BCUT2D eigenvalue weighted by Gasteiger charge is 2.23. The summed E-state index contributed by atoms with van der Waals surface area (Å²) in [5, 5.41) is 0. The third-order valence-electron chi connectivity index (χ3n) is 2.98. The molecule has 14 heavy (non-hydrogen) atoms. The molecule has 0 N–H and O–H groups in total. The van der Waals surface area contributed by atoms with E-state index in [-0.39, 0.29) is 0 Å². The van der Waals surface area contributed by atoms with Gasteiger partial charge in [0.1, 0.15) is 0 Å². The van der Waals surface area contributed by atoms with Gasteiger partial charge >= 0.3 is 0 Å². The molecule has 2 rings (SSSR count). The zero-order chi connectivity index (χ0) is 10.0. The van der Waals surface area contributed by atoms with Crippen LogP contribution < -0.4 is 4.90 Å². The van der Waals surface area contributed by atoms with Crippen molar-refractivity contribution in [3.05, 3.63) is 24.5 Å². The third kappa shape index (κ3) is 2.04. The predicted molar refractivity (Wildman–Crippen MR) is 58.3 cm³/mol. The molecule has 0 radical (unpaired) electrons. The number of hydrogen-bond donors (Lipinski definition) is 0. The van der Waals surface area contributed by atoms with Crippen LogP contribution in [-0.2, 0) is 0 Å². The van der Waals surface area contributed by atoms with E-state index in [1.165, 1.54) is 18.8 Å². The first-order chi connectivity index (χ1) is 6.67. The van der Waals surface area contributed by atoms with Crippen molar-refractivity contribution in [3.63, 3.8) is 0 Å². The molecule has 1 aliphatic heterocycles. The maximum atomic E-state index is 4.04. The van der Waals surface area contributed by atoms with Gasteiger partial charge in [-0.2, -0.15) is 0 Å². The minimum Gasteiger partial charge on any atom is -0.360 e. The molecule has 0 saturated carbocycles. The van der Waals surface area contributed by atoms with Crippen LogP contribution >= 0.6 is 0 Å². The molecular weight excluding hydrogens is 174 g/mol. The monoisotopic (exact) mass is 192 g/mol. The molecule has 0 atom stereocenters. The average molecular weight is 192 g/mol. The number of pyridine rings is 1. The molecule has 1 aromatic rings. The minimum atomic E-state index is 1.14. The number of quaternary nitrogens is 1. The summed E-state index contributed by atoms with van der Waals surface area (Å²) in [5.74, 6) is 0. The van der Waals surface area contributed by atoms with E-state index in [9.17, 15) is 0 Å². The van der Waals surface area contributed by atoms with Crippen LogP contribution in [0, 0.1) is 0 Å². The quantitative estimate of drug-likeness (QED) is 0.617. The van der Waals surface area contributed by atoms with Crippen molar-refractivity contribution >= 4 is 5.69 Å². The summed E-state index contributed by atoms with van der Waals surface area (Å²) >= 11 is 0. The normalized spacial score (nSPS) is 20.9. The number of nitrogens with zero attached hydrogens (tertiary/aromatic N) is 3. The Morgan fingerprint density at radius 2 is 1.71 bits per heavy atom. The molecule has 0 spiro atoms. The highest BCUT2D eigenvalue weighted by Crippen LogP contribution is 2.16. The van der Waals surface area contributed by atoms with Gasteiger partial charge in [-0.15, -0.1) is 0 Å².